The first-order chi connectivity index (χ1) is 11.8. The molecule has 1 N–H and O–H groups in total. The van der Waals surface area contributed by atoms with Gasteiger partial charge in [-0.05, 0) is 25.7 Å². The quantitative estimate of drug-likeness (QED) is 0.926. The lowest BCUT2D eigenvalue weighted by molar-refractivity contribution is -0.0207. The lowest BCUT2D eigenvalue weighted by atomic mass is 9.94. The minimum atomic E-state index is -0.102. The molecule has 2 unspecified atom stereocenters. The van der Waals surface area contributed by atoms with Gasteiger partial charge in [-0.2, -0.15) is 0 Å². The lowest BCUT2D eigenvalue weighted by Gasteiger charge is -2.32. The predicted octanol–water partition coefficient (Wildman–Crippen LogP) is 2.27. The van der Waals surface area contributed by atoms with Gasteiger partial charge in [0.25, 0.3) is 0 Å². The zero-order valence-corrected chi connectivity index (χ0v) is 14.1. The van der Waals surface area contributed by atoms with E-state index >= 15 is 0 Å². The summed E-state index contributed by atoms with van der Waals surface area (Å²) < 4.78 is 7.86. The normalized spacial score (nSPS) is 25.4. The van der Waals surface area contributed by atoms with E-state index in [1.54, 1.807) is 12.7 Å². The molecule has 2 aromatic rings. The standard InChI is InChI=1S/C17H25N5O2/c1-21(12-5-3-2-4-6-12)16-15-17(19-10-18-16)22(11-20-15)14-8-7-13(9-23)24-14/h10-14,23H,2-9H2,1H3. The Kier molecular flexibility index (Phi) is 4.37. The number of rotatable bonds is 4. The number of aliphatic hydroxyl groups excluding tert-OH is 1. The van der Waals surface area contributed by atoms with Crippen LogP contribution < -0.4 is 4.90 Å². The van der Waals surface area contributed by atoms with Crippen LogP contribution in [0.2, 0.25) is 0 Å². The highest BCUT2D eigenvalue weighted by molar-refractivity contribution is 5.83. The molecule has 4 rings (SSSR count). The monoisotopic (exact) mass is 331 g/mol. The van der Waals surface area contributed by atoms with Crippen molar-refractivity contribution in [1.82, 2.24) is 19.5 Å². The number of hydrogen-bond acceptors (Lipinski definition) is 6. The van der Waals surface area contributed by atoms with Crippen molar-refractivity contribution in [3.05, 3.63) is 12.7 Å². The molecule has 1 saturated heterocycles. The molecule has 1 saturated carbocycles. The smallest absolute Gasteiger partial charge is 0.167 e. The Hall–Kier alpha value is -1.73. The highest BCUT2D eigenvalue weighted by atomic mass is 16.5. The first kappa shape index (κ1) is 15.8. The molecule has 0 bridgehead atoms. The topological polar surface area (TPSA) is 76.3 Å². The lowest BCUT2D eigenvalue weighted by Crippen LogP contribution is -2.34. The van der Waals surface area contributed by atoms with Gasteiger partial charge in [0.2, 0.25) is 0 Å². The second-order valence-corrected chi connectivity index (χ2v) is 6.90. The highest BCUT2D eigenvalue weighted by Crippen LogP contribution is 2.33. The number of fused-ring (bicyclic) bond motifs is 1. The Balaban J connectivity index is 1.64. The SMILES string of the molecule is CN(c1ncnc2c1ncn2C1CCC(CO)O1)C1CCCCC1. The van der Waals surface area contributed by atoms with Crippen LogP contribution in [0.15, 0.2) is 12.7 Å². The molecule has 7 nitrogen and oxygen atoms in total. The van der Waals surface area contributed by atoms with Crippen molar-refractivity contribution in [3.8, 4) is 0 Å². The van der Waals surface area contributed by atoms with Crippen LogP contribution in [0.3, 0.4) is 0 Å². The zero-order valence-electron chi connectivity index (χ0n) is 14.1. The minimum Gasteiger partial charge on any atom is -0.394 e. The van der Waals surface area contributed by atoms with E-state index in [1.807, 2.05) is 4.57 Å². The first-order valence-electron chi connectivity index (χ1n) is 8.94. The summed E-state index contributed by atoms with van der Waals surface area (Å²) in [6.45, 7) is 0.0633. The van der Waals surface area contributed by atoms with Crippen LogP contribution in [0.1, 0.15) is 51.2 Å². The largest absolute Gasteiger partial charge is 0.394 e. The molecule has 130 valence electrons. The fourth-order valence-corrected chi connectivity index (χ4v) is 3.98. The predicted molar refractivity (Wildman–Crippen MR) is 90.8 cm³/mol. The summed E-state index contributed by atoms with van der Waals surface area (Å²) in [7, 11) is 2.12. The van der Waals surface area contributed by atoms with Crippen molar-refractivity contribution < 1.29 is 9.84 Å². The zero-order chi connectivity index (χ0) is 16.5. The van der Waals surface area contributed by atoms with Crippen LogP contribution in [0, 0.1) is 0 Å². The van der Waals surface area contributed by atoms with E-state index in [1.165, 1.54) is 32.1 Å². The second-order valence-electron chi connectivity index (χ2n) is 6.90. The molecular weight excluding hydrogens is 306 g/mol. The van der Waals surface area contributed by atoms with E-state index in [-0.39, 0.29) is 18.9 Å². The summed E-state index contributed by atoms with van der Waals surface area (Å²) >= 11 is 0. The van der Waals surface area contributed by atoms with Gasteiger partial charge in [0.15, 0.2) is 17.0 Å². The van der Waals surface area contributed by atoms with Crippen LogP contribution in [-0.2, 0) is 4.74 Å². The third-order valence-corrected chi connectivity index (χ3v) is 5.39. The molecule has 3 heterocycles. The molecule has 0 amide bonds. The van der Waals surface area contributed by atoms with Gasteiger partial charge in [-0.25, -0.2) is 15.0 Å². The molecule has 2 aromatic heterocycles. The number of ether oxygens (including phenoxy) is 1. The number of imidazole rings is 1. The summed E-state index contributed by atoms with van der Waals surface area (Å²) in [6.07, 6.45) is 11.3. The van der Waals surface area contributed by atoms with Crippen molar-refractivity contribution >= 4 is 17.0 Å². The van der Waals surface area contributed by atoms with Gasteiger partial charge in [0, 0.05) is 13.1 Å². The van der Waals surface area contributed by atoms with Crippen molar-refractivity contribution in [2.24, 2.45) is 0 Å². The fraction of sp³-hybridized carbons (Fsp3) is 0.706. The van der Waals surface area contributed by atoms with E-state index in [2.05, 4.69) is 26.9 Å². The number of aromatic nitrogens is 4. The maximum absolute atomic E-state index is 9.27. The second kappa shape index (κ2) is 6.64. The summed E-state index contributed by atoms with van der Waals surface area (Å²) in [5, 5.41) is 9.27. The molecule has 2 fully saturated rings. The van der Waals surface area contributed by atoms with Crippen LogP contribution in [0.5, 0.6) is 0 Å². The van der Waals surface area contributed by atoms with Crippen molar-refractivity contribution in [1.29, 1.82) is 0 Å². The summed E-state index contributed by atoms with van der Waals surface area (Å²) in [5.41, 5.74) is 1.65. The maximum atomic E-state index is 9.27. The van der Waals surface area contributed by atoms with Crippen molar-refractivity contribution in [2.75, 3.05) is 18.6 Å². The summed E-state index contributed by atoms with van der Waals surface area (Å²) in [4.78, 5) is 15.8. The van der Waals surface area contributed by atoms with Gasteiger partial charge in [0.1, 0.15) is 12.6 Å². The molecule has 0 radical (unpaired) electrons. The molecule has 24 heavy (non-hydrogen) atoms. The van der Waals surface area contributed by atoms with Gasteiger partial charge in [0.05, 0.1) is 19.0 Å². The molecule has 0 aromatic carbocycles. The Labute approximate surface area is 141 Å². The maximum Gasteiger partial charge on any atom is 0.167 e. The van der Waals surface area contributed by atoms with Crippen LogP contribution in [0.25, 0.3) is 11.2 Å². The van der Waals surface area contributed by atoms with E-state index in [4.69, 9.17) is 4.74 Å². The Morgan fingerprint density at radius 2 is 2.00 bits per heavy atom. The van der Waals surface area contributed by atoms with Gasteiger partial charge in [-0.1, -0.05) is 19.3 Å². The Morgan fingerprint density at radius 3 is 2.75 bits per heavy atom. The third-order valence-electron chi connectivity index (χ3n) is 5.39. The molecule has 1 aliphatic heterocycles. The molecule has 2 atom stereocenters. The van der Waals surface area contributed by atoms with Crippen LogP contribution in [0.4, 0.5) is 5.82 Å². The highest BCUT2D eigenvalue weighted by Gasteiger charge is 2.29. The average molecular weight is 331 g/mol. The first-order valence-corrected chi connectivity index (χ1v) is 8.94. The fourth-order valence-electron chi connectivity index (χ4n) is 3.98. The van der Waals surface area contributed by atoms with Gasteiger partial charge in [-0.3, -0.25) is 4.57 Å². The number of aliphatic hydroxyl groups is 1. The minimum absolute atomic E-state index is 0.0633. The van der Waals surface area contributed by atoms with E-state index < -0.39 is 0 Å². The third kappa shape index (κ3) is 2.75. The van der Waals surface area contributed by atoms with Crippen molar-refractivity contribution in [2.45, 2.75) is 63.3 Å². The average Bonchev–Trinajstić information content (AvgIpc) is 3.28. The Morgan fingerprint density at radius 1 is 1.17 bits per heavy atom. The van der Waals surface area contributed by atoms with Crippen molar-refractivity contribution in [3.63, 3.8) is 0 Å². The van der Waals surface area contributed by atoms with Gasteiger partial charge < -0.3 is 14.7 Å². The molecule has 0 spiro atoms. The Bertz CT molecular complexity index is 697. The number of nitrogens with zero attached hydrogens (tertiary/aromatic N) is 5. The molecule has 1 aliphatic carbocycles. The molecule has 2 aliphatic rings. The van der Waals surface area contributed by atoms with E-state index in [0.717, 1.165) is 29.8 Å². The number of hydrogen-bond donors (Lipinski definition) is 1. The van der Waals surface area contributed by atoms with Crippen LogP contribution >= 0.6 is 0 Å². The number of anilines is 1. The van der Waals surface area contributed by atoms with Gasteiger partial charge in [-0.15, -0.1) is 0 Å². The molecular formula is C17H25N5O2. The summed E-state index contributed by atoms with van der Waals surface area (Å²) in [5.74, 6) is 0.905. The van der Waals surface area contributed by atoms with Crippen LogP contribution in [-0.4, -0.2) is 50.4 Å². The van der Waals surface area contributed by atoms with E-state index in [9.17, 15) is 5.11 Å². The summed E-state index contributed by atoms with van der Waals surface area (Å²) in [6, 6.07) is 0.531. The van der Waals surface area contributed by atoms with E-state index in [0.29, 0.717) is 6.04 Å². The van der Waals surface area contributed by atoms with Gasteiger partial charge >= 0.3 is 0 Å². The molecule has 7 heteroatoms.